The second-order valence-corrected chi connectivity index (χ2v) is 5.56. The van der Waals surface area contributed by atoms with Gasteiger partial charge < -0.3 is 10.1 Å². The first-order valence-electron chi connectivity index (χ1n) is 6.60. The van der Waals surface area contributed by atoms with Gasteiger partial charge in [0.05, 0.1) is 12.3 Å². The van der Waals surface area contributed by atoms with Crippen LogP contribution in [-0.2, 0) is 6.54 Å². The van der Waals surface area contributed by atoms with Gasteiger partial charge in [0.2, 0.25) is 0 Å². The highest BCUT2D eigenvalue weighted by atomic mass is 32.1. The molecule has 1 aromatic carbocycles. The molecule has 0 amide bonds. The van der Waals surface area contributed by atoms with Crippen LogP contribution in [0, 0.1) is 0 Å². The summed E-state index contributed by atoms with van der Waals surface area (Å²) in [6, 6.07) is 8.58. The van der Waals surface area contributed by atoms with Crippen LogP contribution in [0.4, 0.5) is 0 Å². The fourth-order valence-corrected chi connectivity index (χ4v) is 2.46. The number of nitrogens with one attached hydrogen (secondary N) is 1. The first-order chi connectivity index (χ1) is 9.19. The Labute approximate surface area is 118 Å². The van der Waals surface area contributed by atoms with Crippen LogP contribution in [0.15, 0.2) is 29.6 Å². The maximum Gasteiger partial charge on any atom is 0.119 e. The minimum Gasteiger partial charge on any atom is -0.494 e. The molecule has 0 aliphatic carbocycles. The van der Waals surface area contributed by atoms with E-state index in [-0.39, 0.29) is 0 Å². The molecule has 1 aromatic heterocycles. The van der Waals surface area contributed by atoms with E-state index in [2.05, 4.69) is 41.7 Å². The molecule has 0 fully saturated rings. The number of rotatable bonds is 6. The normalized spacial score (nSPS) is 10.9. The number of hydrogen-bond donors (Lipinski definition) is 1. The lowest BCUT2D eigenvalue weighted by molar-refractivity contribution is 0.340. The molecule has 1 heterocycles. The van der Waals surface area contributed by atoms with Gasteiger partial charge in [-0.3, -0.25) is 0 Å². The van der Waals surface area contributed by atoms with Gasteiger partial charge in [-0.05, 0) is 31.2 Å². The molecule has 0 atom stereocenters. The molecule has 0 aliphatic rings. The van der Waals surface area contributed by atoms with E-state index in [1.165, 1.54) is 0 Å². The highest BCUT2D eigenvalue weighted by Gasteiger charge is 2.05. The second kappa shape index (κ2) is 6.68. The molecule has 0 unspecified atom stereocenters. The van der Waals surface area contributed by atoms with E-state index in [1.807, 2.05) is 19.1 Å². The number of hydrogen-bond acceptors (Lipinski definition) is 4. The topological polar surface area (TPSA) is 34.1 Å². The predicted octanol–water partition coefficient (Wildman–Crippen LogP) is 3.71. The molecule has 1 N–H and O–H groups in total. The van der Waals surface area contributed by atoms with Crippen molar-refractivity contribution in [3.63, 3.8) is 0 Å². The zero-order chi connectivity index (χ0) is 13.7. The van der Waals surface area contributed by atoms with Crippen molar-refractivity contribution in [1.82, 2.24) is 10.3 Å². The minimum absolute atomic E-state index is 0.484. The Bertz CT molecular complexity index is 505. The second-order valence-electron chi connectivity index (χ2n) is 4.62. The van der Waals surface area contributed by atoms with Gasteiger partial charge in [0.15, 0.2) is 0 Å². The summed E-state index contributed by atoms with van der Waals surface area (Å²) in [5, 5.41) is 6.61. The maximum absolute atomic E-state index is 5.44. The molecule has 0 radical (unpaired) electrons. The first-order valence-corrected chi connectivity index (χ1v) is 7.48. The van der Waals surface area contributed by atoms with Crippen LogP contribution < -0.4 is 10.1 Å². The summed E-state index contributed by atoms with van der Waals surface area (Å²) < 4.78 is 5.44. The van der Waals surface area contributed by atoms with Gasteiger partial charge >= 0.3 is 0 Å². The Morgan fingerprint density at radius 2 is 2.00 bits per heavy atom. The average Bonchev–Trinajstić information content (AvgIpc) is 2.86. The molecular formula is C15H20N2OS. The predicted molar refractivity (Wildman–Crippen MR) is 80.7 cm³/mol. The summed E-state index contributed by atoms with van der Waals surface area (Å²) >= 11 is 1.70. The molecule has 0 aliphatic heterocycles. The van der Waals surface area contributed by atoms with Crippen molar-refractivity contribution in [3.8, 4) is 17.0 Å². The monoisotopic (exact) mass is 276 g/mol. The SMILES string of the molecule is CCOc1ccc(-c2csc(CNC(C)C)n2)cc1. The van der Waals surface area contributed by atoms with Gasteiger partial charge in [-0.15, -0.1) is 11.3 Å². The van der Waals surface area contributed by atoms with Gasteiger partial charge in [0.1, 0.15) is 10.8 Å². The summed E-state index contributed by atoms with van der Waals surface area (Å²) in [4.78, 5) is 4.64. The smallest absolute Gasteiger partial charge is 0.119 e. The lowest BCUT2D eigenvalue weighted by atomic mass is 10.2. The third kappa shape index (κ3) is 4.04. The van der Waals surface area contributed by atoms with Crippen molar-refractivity contribution in [2.45, 2.75) is 33.4 Å². The molecule has 0 saturated carbocycles. The standard InChI is InChI=1S/C15H20N2OS/c1-4-18-13-7-5-12(6-8-13)14-10-19-15(17-14)9-16-11(2)3/h5-8,10-11,16H,4,9H2,1-3H3. The van der Waals surface area contributed by atoms with Crippen LogP contribution >= 0.6 is 11.3 Å². The number of ether oxygens (including phenoxy) is 1. The van der Waals surface area contributed by atoms with E-state index >= 15 is 0 Å². The van der Waals surface area contributed by atoms with Gasteiger partial charge in [-0.25, -0.2) is 4.98 Å². The van der Waals surface area contributed by atoms with E-state index in [9.17, 15) is 0 Å². The summed E-state index contributed by atoms with van der Waals surface area (Å²) in [6.45, 7) is 7.80. The van der Waals surface area contributed by atoms with Crippen LogP contribution in [0.3, 0.4) is 0 Å². The van der Waals surface area contributed by atoms with Crippen LogP contribution in [0.2, 0.25) is 0 Å². The minimum atomic E-state index is 0.484. The average molecular weight is 276 g/mol. The molecule has 102 valence electrons. The molecule has 4 heteroatoms. The van der Waals surface area contributed by atoms with Gasteiger partial charge in [0, 0.05) is 23.5 Å². The summed E-state index contributed by atoms with van der Waals surface area (Å²) in [6.07, 6.45) is 0. The molecule has 0 spiro atoms. The number of thiazole rings is 1. The molecule has 19 heavy (non-hydrogen) atoms. The molecule has 0 saturated heterocycles. The number of nitrogens with zero attached hydrogens (tertiary/aromatic N) is 1. The Kier molecular flexibility index (Phi) is 4.93. The first kappa shape index (κ1) is 14.0. The third-order valence-corrected chi connectivity index (χ3v) is 3.52. The number of aromatic nitrogens is 1. The largest absolute Gasteiger partial charge is 0.494 e. The van der Waals surface area contributed by atoms with E-state index in [4.69, 9.17) is 4.74 Å². The van der Waals surface area contributed by atoms with Gasteiger partial charge in [-0.2, -0.15) is 0 Å². The fourth-order valence-electron chi connectivity index (χ4n) is 1.70. The summed E-state index contributed by atoms with van der Waals surface area (Å²) in [5.41, 5.74) is 2.17. The summed E-state index contributed by atoms with van der Waals surface area (Å²) in [5.74, 6) is 0.906. The maximum atomic E-state index is 5.44. The van der Waals surface area contributed by atoms with Crippen molar-refractivity contribution in [2.24, 2.45) is 0 Å². The van der Waals surface area contributed by atoms with Crippen molar-refractivity contribution < 1.29 is 4.74 Å². The molecule has 3 nitrogen and oxygen atoms in total. The van der Waals surface area contributed by atoms with Gasteiger partial charge in [-0.1, -0.05) is 13.8 Å². The zero-order valence-corrected chi connectivity index (χ0v) is 12.5. The van der Waals surface area contributed by atoms with Crippen molar-refractivity contribution in [3.05, 3.63) is 34.7 Å². The highest BCUT2D eigenvalue weighted by molar-refractivity contribution is 7.09. The van der Waals surface area contributed by atoms with E-state index in [0.717, 1.165) is 28.6 Å². The fraction of sp³-hybridized carbons (Fsp3) is 0.400. The van der Waals surface area contributed by atoms with Crippen molar-refractivity contribution in [2.75, 3.05) is 6.61 Å². The summed E-state index contributed by atoms with van der Waals surface area (Å²) in [7, 11) is 0. The number of benzene rings is 1. The van der Waals surface area contributed by atoms with Crippen molar-refractivity contribution >= 4 is 11.3 Å². The van der Waals surface area contributed by atoms with Crippen LogP contribution in [0.25, 0.3) is 11.3 Å². The van der Waals surface area contributed by atoms with Gasteiger partial charge in [0.25, 0.3) is 0 Å². The van der Waals surface area contributed by atoms with Crippen LogP contribution in [0.1, 0.15) is 25.8 Å². The Morgan fingerprint density at radius 3 is 2.63 bits per heavy atom. The Balaban J connectivity index is 2.05. The molecule has 2 aromatic rings. The lowest BCUT2D eigenvalue weighted by Crippen LogP contribution is -2.21. The van der Waals surface area contributed by atoms with E-state index in [1.54, 1.807) is 11.3 Å². The Morgan fingerprint density at radius 1 is 1.26 bits per heavy atom. The zero-order valence-electron chi connectivity index (χ0n) is 11.6. The molecule has 2 rings (SSSR count). The van der Waals surface area contributed by atoms with E-state index < -0.39 is 0 Å². The van der Waals surface area contributed by atoms with E-state index in [0.29, 0.717) is 12.6 Å². The third-order valence-electron chi connectivity index (χ3n) is 2.67. The Hall–Kier alpha value is -1.39. The van der Waals surface area contributed by atoms with Crippen LogP contribution in [0.5, 0.6) is 5.75 Å². The quantitative estimate of drug-likeness (QED) is 0.873. The molecular weight excluding hydrogens is 256 g/mol. The molecule has 0 bridgehead atoms. The lowest BCUT2D eigenvalue weighted by Gasteiger charge is -2.05. The van der Waals surface area contributed by atoms with Crippen molar-refractivity contribution in [1.29, 1.82) is 0 Å². The van der Waals surface area contributed by atoms with Crippen LogP contribution in [-0.4, -0.2) is 17.6 Å². The highest BCUT2D eigenvalue weighted by Crippen LogP contribution is 2.24.